The van der Waals surface area contributed by atoms with Gasteiger partial charge in [0.05, 0.1) is 0 Å². The maximum absolute atomic E-state index is 13.6. The number of hydrogen-bond donors (Lipinski definition) is 1. The number of carbonyl (C=O) groups is 2. The molecule has 3 rings (SSSR count). The van der Waals surface area contributed by atoms with Crippen molar-refractivity contribution in [1.29, 1.82) is 0 Å². The molecule has 1 N–H and O–H groups in total. The minimum Gasteiger partial charge on any atom is -0.484 e. The predicted octanol–water partition coefficient (Wildman–Crippen LogP) is 5.24. The molecule has 0 bridgehead atoms. The SMILES string of the molecule is CC[C@H](C)NC(=O)[C@@H](Cc1ccccc1)N(Cc1cccc(C)c1)C(=O)COc1ccc(C)cc1. The average molecular weight is 473 g/mol. The Bertz CT molecular complexity index is 1100. The van der Waals surface area contributed by atoms with Crippen molar-refractivity contribution in [2.24, 2.45) is 0 Å². The van der Waals surface area contributed by atoms with Crippen LogP contribution in [0, 0.1) is 13.8 Å². The van der Waals surface area contributed by atoms with Gasteiger partial charge in [-0.2, -0.15) is 0 Å². The molecule has 0 aliphatic heterocycles. The Kier molecular flexibility index (Phi) is 9.47. The highest BCUT2D eigenvalue weighted by Gasteiger charge is 2.31. The van der Waals surface area contributed by atoms with Crippen LogP contribution in [0.15, 0.2) is 78.9 Å². The summed E-state index contributed by atoms with van der Waals surface area (Å²) in [6.45, 7) is 8.21. The fourth-order valence-corrected chi connectivity index (χ4v) is 3.86. The Balaban J connectivity index is 1.90. The Labute approximate surface area is 209 Å². The molecule has 3 aromatic carbocycles. The molecule has 0 radical (unpaired) electrons. The van der Waals surface area contributed by atoms with E-state index in [1.54, 1.807) is 4.90 Å². The van der Waals surface area contributed by atoms with E-state index < -0.39 is 6.04 Å². The Hall–Kier alpha value is -3.60. The van der Waals surface area contributed by atoms with Gasteiger partial charge >= 0.3 is 0 Å². The largest absolute Gasteiger partial charge is 0.484 e. The van der Waals surface area contributed by atoms with Crippen molar-refractivity contribution < 1.29 is 14.3 Å². The molecule has 0 spiro atoms. The summed E-state index contributed by atoms with van der Waals surface area (Å²) >= 11 is 0. The van der Waals surface area contributed by atoms with Crippen LogP contribution in [-0.2, 0) is 22.6 Å². The van der Waals surface area contributed by atoms with E-state index in [4.69, 9.17) is 4.74 Å². The quantitative estimate of drug-likeness (QED) is 0.415. The molecule has 5 heteroatoms. The molecule has 0 saturated heterocycles. The smallest absolute Gasteiger partial charge is 0.261 e. The Morgan fingerprint density at radius 1 is 0.886 bits per heavy atom. The minimum atomic E-state index is -0.666. The summed E-state index contributed by atoms with van der Waals surface area (Å²) in [6.07, 6.45) is 1.23. The second-order valence-electron chi connectivity index (χ2n) is 9.14. The monoisotopic (exact) mass is 472 g/mol. The molecule has 35 heavy (non-hydrogen) atoms. The van der Waals surface area contributed by atoms with E-state index in [0.29, 0.717) is 18.7 Å². The lowest BCUT2D eigenvalue weighted by atomic mass is 10.0. The maximum atomic E-state index is 13.6. The highest BCUT2D eigenvalue weighted by atomic mass is 16.5. The molecule has 2 atom stereocenters. The van der Waals surface area contributed by atoms with Gasteiger partial charge in [-0.1, -0.05) is 84.8 Å². The van der Waals surface area contributed by atoms with Crippen LogP contribution in [0.3, 0.4) is 0 Å². The lowest BCUT2D eigenvalue weighted by Crippen LogP contribution is -2.53. The highest BCUT2D eigenvalue weighted by molar-refractivity contribution is 5.88. The fraction of sp³-hybridized carbons (Fsp3) is 0.333. The Morgan fingerprint density at radius 3 is 2.23 bits per heavy atom. The van der Waals surface area contributed by atoms with E-state index in [1.807, 2.05) is 107 Å². The van der Waals surface area contributed by atoms with Gasteiger partial charge in [-0.05, 0) is 50.5 Å². The summed E-state index contributed by atoms with van der Waals surface area (Å²) in [5.74, 6) is 0.245. The van der Waals surface area contributed by atoms with Crippen LogP contribution in [0.1, 0.15) is 42.5 Å². The lowest BCUT2D eigenvalue weighted by molar-refractivity contribution is -0.143. The molecule has 3 aromatic rings. The highest BCUT2D eigenvalue weighted by Crippen LogP contribution is 2.17. The molecule has 0 fully saturated rings. The molecule has 0 heterocycles. The van der Waals surface area contributed by atoms with Crippen LogP contribution in [0.5, 0.6) is 5.75 Å². The molecular formula is C30H36N2O3. The van der Waals surface area contributed by atoms with Crippen LogP contribution < -0.4 is 10.1 Å². The van der Waals surface area contributed by atoms with Crippen molar-refractivity contribution in [3.63, 3.8) is 0 Å². The van der Waals surface area contributed by atoms with Crippen molar-refractivity contribution in [2.75, 3.05) is 6.61 Å². The normalized spacial score (nSPS) is 12.5. The number of nitrogens with one attached hydrogen (secondary N) is 1. The topological polar surface area (TPSA) is 58.6 Å². The third-order valence-electron chi connectivity index (χ3n) is 6.09. The summed E-state index contributed by atoms with van der Waals surface area (Å²) < 4.78 is 5.82. The van der Waals surface area contributed by atoms with Gasteiger partial charge in [0, 0.05) is 19.0 Å². The number of nitrogens with zero attached hydrogens (tertiary/aromatic N) is 1. The average Bonchev–Trinajstić information content (AvgIpc) is 2.86. The van der Waals surface area contributed by atoms with E-state index in [-0.39, 0.29) is 24.5 Å². The van der Waals surface area contributed by atoms with Crippen molar-refractivity contribution in [2.45, 2.75) is 59.2 Å². The molecular weight excluding hydrogens is 436 g/mol. The molecule has 2 amide bonds. The van der Waals surface area contributed by atoms with Gasteiger partial charge in [-0.25, -0.2) is 0 Å². The van der Waals surface area contributed by atoms with Gasteiger partial charge in [0.2, 0.25) is 5.91 Å². The first-order valence-corrected chi connectivity index (χ1v) is 12.2. The number of hydrogen-bond acceptors (Lipinski definition) is 3. The molecule has 0 saturated carbocycles. The molecule has 0 aliphatic rings. The van der Waals surface area contributed by atoms with Crippen LogP contribution in [0.4, 0.5) is 0 Å². The summed E-state index contributed by atoms with van der Waals surface area (Å²) in [6, 6.07) is 24.8. The minimum absolute atomic E-state index is 0.0144. The number of amides is 2. The van der Waals surface area contributed by atoms with Crippen LogP contribution in [0.2, 0.25) is 0 Å². The first-order valence-electron chi connectivity index (χ1n) is 12.2. The molecule has 5 nitrogen and oxygen atoms in total. The van der Waals surface area contributed by atoms with Crippen molar-refractivity contribution in [3.8, 4) is 5.75 Å². The summed E-state index contributed by atoms with van der Waals surface area (Å²) in [7, 11) is 0. The summed E-state index contributed by atoms with van der Waals surface area (Å²) in [5, 5.41) is 3.09. The number of ether oxygens (including phenoxy) is 1. The molecule has 0 aromatic heterocycles. The third-order valence-corrected chi connectivity index (χ3v) is 6.09. The second-order valence-corrected chi connectivity index (χ2v) is 9.14. The van der Waals surface area contributed by atoms with Crippen molar-refractivity contribution in [1.82, 2.24) is 10.2 Å². The van der Waals surface area contributed by atoms with Crippen LogP contribution in [-0.4, -0.2) is 35.4 Å². The van der Waals surface area contributed by atoms with Crippen molar-refractivity contribution in [3.05, 3.63) is 101 Å². The van der Waals surface area contributed by atoms with Gasteiger partial charge in [-0.3, -0.25) is 9.59 Å². The zero-order valence-corrected chi connectivity index (χ0v) is 21.2. The maximum Gasteiger partial charge on any atom is 0.261 e. The van der Waals surface area contributed by atoms with E-state index >= 15 is 0 Å². The van der Waals surface area contributed by atoms with E-state index in [0.717, 1.165) is 28.7 Å². The van der Waals surface area contributed by atoms with Gasteiger partial charge in [0.15, 0.2) is 6.61 Å². The number of carbonyl (C=O) groups excluding carboxylic acids is 2. The number of rotatable bonds is 11. The van der Waals surface area contributed by atoms with Crippen LogP contribution >= 0.6 is 0 Å². The molecule has 184 valence electrons. The van der Waals surface area contributed by atoms with Gasteiger partial charge in [0.1, 0.15) is 11.8 Å². The number of aryl methyl sites for hydroxylation is 2. The van der Waals surface area contributed by atoms with Gasteiger partial charge in [0.25, 0.3) is 5.91 Å². The van der Waals surface area contributed by atoms with Crippen molar-refractivity contribution >= 4 is 11.8 Å². The van der Waals surface area contributed by atoms with E-state index in [1.165, 1.54) is 0 Å². The first-order chi connectivity index (χ1) is 16.9. The molecule has 0 aliphatic carbocycles. The summed E-state index contributed by atoms with van der Waals surface area (Å²) in [4.78, 5) is 28.7. The fourth-order valence-electron chi connectivity index (χ4n) is 3.86. The zero-order valence-electron chi connectivity index (χ0n) is 21.2. The first kappa shape index (κ1) is 26.0. The van der Waals surface area contributed by atoms with Gasteiger partial charge < -0.3 is 15.0 Å². The van der Waals surface area contributed by atoms with E-state index in [9.17, 15) is 9.59 Å². The lowest BCUT2D eigenvalue weighted by Gasteiger charge is -2.32. The summed E-state index contributed by atoms with van der Waals surface area (Å²) in [5.41, 5.74) is 4.20. The second kappa shape index (κ2) is 12.7. The standard InChI is InChI=1S/C30H36N2O3/c1-5-24(4)31-30(34)28(19-25-11-7-6-8-12-25)32(20-26-13-9-10-23(3)18-26)29(33)21-35-27-16-14-22(2)15-17-27/h6-18,24,28H,5,19-21H2,1-4H3,(H,31,34)/t24-,28+/m0/s1. The number of benzene rings is 3. The third kappa shape index (κ3) is 7.99. The Morgan fingerprint density at radius 2 is 1.57 bits per heavy atom. The van der Waals surface area contributed by atoms with E-state index in [2.05, 4.69) is 5.32 Å². The zero-order chi connectivity index (χ0) is 25.2. The van der Waals surface area contributed by atoms with Gasteiger partial charge in [-0.15, -0.1) is 0 Å². The predicted molar refractivity (Wildman–Crippen MR) is 140 cm³/mol. The van der Waals surface area contributed by atoms with Crippen LogP contribution in [0.25, 0.3) is 0 Å². The molecule has 0 unspecified atom stereocenters.